The van der Waals surface area contributed by atoms with Gasteiger partial charge in [-0.1, -0.05) is 19.8 Å². The zero-order valence-electron chi connectivity index (χ0n) is 14.2. The summed E-state index contributed by atoms with van der Waals surface area (Å²) in [5.74, 6) is 1.05. The van der Waals surface area contributed by atoms with Gasteiger partial charge in [-0.15, -0.1) is 0 Å². The van der Waals surface area contributed by atoms with Crippen LogP contribution in [0.15, 0.2) is 4.99 Å². The fourth-order valence-electron chi connectivity index (χ4n) is 3.26. The molecule has 5 heteroatoms. The minimum absolute atomic E-state index is 0.183. The molecule has 2 aliphatic carbocycles. The molecule has 5 nitrogen and oxygen atoms in total. The molecule has 22 heavy (non-hydrogen) atoms. The predicted molar refractivity (Wildman–Crippen MR) is 91.0 cm³/mol. The van der Waals surface area contributed by atoms with Gasteiger partial charge in [0.05, 0.1) is 0 Å². The molecular formula is C17H32N4O. The van der Waals surface area contributed by atoms with Crippen molar-refractivity contribution in [3.63, 3.8) is 0 Å². The van der Waals surface area contributed by atoms with E-state index in [0.29, 0.717) is 17.9 Å². The van der Waals surface area contributed by atoms with Gasteiger partial charge in [-0.05, 0) is 43.9 Å². The van der Waals surface area contributed by atoms with Crippen LogP contribution in [0.2, 0.25) is 0 Å². The maximum absolute atomic E-state index is 11.6. The number of aliphatic imine (C=N–C) groups is 1. The van der Waals surface area contributed by atoms with E-state index < -0.39 is 0 Å². The number of carbonyl (C=O) groups is 1. The van der Waals surface area contributed by atoms with Gasteiger partial charge in [-0.2, -0.15) is 0 Å². The van der Waals surface area contributed by atoms with Gasteiger partial charge >= 0.3 is 0 Å². The van der Waals surface area contributed by atoms with Crippen LogP contribution in [0.25, 0.3) is 0 Å². The van der Waals surface area contributed by atoms with Gasteiger partial charge in [0, 0.05) is 32.6 Å². The minimum atomic E-state index is 0.183. The molecule has 0 unspecified atom stereocenters. The highest BCUT2D eigenvalue weighted by atomic mass is 16.1. The van der Waals surface area contributed by atoms with E-state index in [2.05, 4.69) is 27.9 Å². The predicted octanol–water partition coefficient (Wildman–Crippen LogP) is 2.18. The van der Waals surface area contributed by atoms with Crippen LogP contribution < -0.4 is 16.0 Å². The summed E-state index contributed by atoms with van der Waals surface area (Å²) < 4.78 is 0. The lowest BCUT2D eigenvalue weighted by molar-refractivity contribution is -0.121. The molecule has 0 aromatic heterocycles. The SMILES string of the molecule is CCC1(CNC(=NC)NCCCC(=O)NC2CC2)CCCC1. The van der Waals surface area contributed by atoms with Gasteiger partial charge < -0.3 is 16.0 Å². The molecule has 126 valence electrons. The third kappa shape index (κ3) is 5.50. The van der Waals surface area contributed by atoms with Crippen LogP contribution in [0.3, 0.4) is 0 Å². The number of rotatable bonds is 8. The molecule has 0 bridgehead atoms. The molecule has 1 amide bonds. The normalized spacial score (nSPS) is 20.7. The molecule has 3 N–H and O–H groups in total. The van der Waals surface area contributed by atoms with Crippen LogP contribution in [-0.4, -0.2) is 38.0 Å². The Morgan fingerprint density at radius 1 is 1.23 bits per heavy atom. The highest BCUT2D eigenvalue weighted by molar-refractivity contribution is 5.80. The van der Waals surface area contributed by atoms with E-state index in [0.717, 1.165) is 38.3 Å². The van der Waals surface area contributed by atoms with Crippen molar-refractivity contribution >= 4 is 11.9 Å². The lowest BCUT2D eigenvalue weighted by atomic mass is 9.83. The smallest absolute Gasteiger partial charge is 0.220 e. The summed E-state index contributed by atoms with van der Waals surface area (Å²) in [6.07, 6.45) is 10.4. The van der Waals surface area contributed by atoms with E-state index in [1.165, 1.54) is 32.1 Å². The zero-order valence-corrected chi connectivity index (χ0v) is 14.2. The maximum atomic E-state index is 11.6. The second-order valence-corrected chi connectivity index (χ2v) is 6.86. The van der Waals surface area contributed by atoms with Crippen molar-refractivity contribution in [2.75, 3.05) is 20.1 Å². The Hall–Kier alpha value is -1.26. The van der Waals surface area contributed by atoms with Crippen molar-refractivity contribution in [3.8, 4) is 0 Å². The van der Waals surface area contributed by atoms with Gasteiger partial charge in [0.25, 0.3) is 0 Å². The zero-order chi connectivity index (χ0) is 15.8. The third-order valence-corrected chi connectivity index (χ3v) is 5.08. The van der Waals surface area contributed by atoms with Crippen molar-refractivity contribution < 1.29 is 4.79 Å². The molecule has 0 saturated heterocycles. The van der Waals surface area contributed by atoms with Gasteiger partial charge in [0.15, 0.2) is 5.96 Å². The summed E-state index contributed by atoms with van der Waals surface area (Å²) in [5, 5.41) is 9.81. The topological polar surface area (TPSA) is 65.5 Å². The average Bonchev–Trinajstić information content (AvgIpc) is 3.21. The summed E-state index contributed by atoms with van der Waals surface area (Å²) in [7, 11) is 1.81. The fraction of sp³-hybridized carbons (Fsp3) is 0.882. The Kier molecular flexibility index (Phi) is 6.52. The Bertz CT molecular complexity index is 384. The van der Waals surface area contributed by atoms with Crippen LogP contribution in [0.5, 0.6) is 0 Å². The van der Waals surface area contributed by atoms with Crippen molar-refractivity contribution in [1.82, 2.24) is 16.0 Å². The molecular weight excluding hydrogens is 276 g/mol. The van der Waals surface area contributed by atoms with E-state index in [-0.39, 0.29) is 5.91 Å². The molecule has 0 aromatic carbocycles. The summed E-state index contributed by atoms with van der Waals surface area (Å²) >= 11 is 0. The van der Waals surface area contributed by atoms with Gasteiger partial charge in [-0.25, -0.2) is 0 Å². The third-order valence-electron chi connectivity index (χ3n) is 5.08. The number of nitrogens with one attached hydrogen (secondary N) is 3. The molecule has 2 aliphatic rings. The number of guanidine groups is 1. The molecule has 0 heterocycles. The lowest BCUT2D eigenvalue weighted by Gasteiger charge is -2.28. The molecule has 0 aromatic rings. The Labute approximate surface area is 134 Å². The lowest BCUT2D eigenvalue weighted by Crippen LogP contribution is -2.43. The standard InChI is InChI=1S/C17H32N4O/c1-3-17(10-4-5-11-17)13-20-16(18-2)19-12-6-7-15(22)21-14-8-9-14/h14H,3-13H2,1-2H3,(H,21,22)(H2,18,19,20). The molecule has 0 spiro atoms. The maximum Gasteiger partial charge on any atom is 0.220 e. The van der Waals surface area contributed by atoms with Gasteiger partial charge in [0.2, 0.25) is 5.91 Å². The molecule has 2 fully saturated rings. The van der Waals surface area contributed by atoms with Gasteiger partial charge in [0.1, 0.15) is 0 Å². The number of nitrogens with zero attached hydrogens (tertiary/aromatic N) is 1. The quantitative estimate of drug-likeness (QED) is 0.366. The van der Waals surface area contributed by atoms with Crippen LogP contribution >= 0.6 is 0 Å². The molecule has 0 aliphatic heterocycles. The number of carbonyl (C=O) groups excluding carboxylic acids is 1. The largest absolute Gasteiger partial charge is 0.356 e. The first-order valence-corrected chi connectivity index (χ1v) is 8.91. The first-order chi connectivity index (χ1) is 10.7. The fourth-order valence-corrected chi connectivity index (χ4v) is 3.26. The summed E-state index contributed by atoms with van der Waals surface area (Å²) in [4.78, 5) is 15.9. The second kappa shape index (κ2) is 8.39. The molecule has 0 atom stereocenters. The molecule has 0 radical (unpaired) electrons. The van der Waals surface area contributed by atoms with Crippen molar-refractivity contribution in [3.05, 3.63) is 0 Å². The monoisotopic (exact) mass is 308 g/mol. The number of amides is 1. The minimum Gasteiger partial charge on any atom is -0.356 e. The Morgan fingerprint density at radius 3 is 2.55 bits per heavy atom. The molecule has 2 saturated carbocycles. The summed E-state index contributed by atoms with van der Waals surface area (Å²) in [6, 6.07) is 0.464. The summed E-state index contributed by atoms with van der Waals surface area (Å²) in [5.41, 5.74) is 0.460. The van der Waals surface area contributed by atoms with Crippen molar-refractivity contribution in [2.45, 2.75) is 70.8 Å². The van der Waals surface area contributed by atoms with E-state index in [1.807, 2.05) is 7.05 Å². The second-order valence-electron chi connectivity index (χ2n) is 6.86. The van der Waals surface area contributed by atoms with Crippen LogP contribution in [0.1, 0.15) is 64.7 Å². The van der Waals surface area contributed by atoms with Crippen LogP contribution in [0.4, 0.5) is 0 Å². The van der Waals surface area contributed by atoms with E-state index in [1.54, 1.807) is 0 Å². The van der Waals surface area contributed by atoms with Crippen LogP contribution in [-0.2, 0) is 4.79 Å². The van der Waals surface area contributed by atoms with Crippen molar-refractivity contribution in [2.24, 2.45) is 10.4 Å². The van der Waals surface area contributed by atoms with E-state index >= 15 is 0 Å². The Balaban J connectivity index is 1.59. The van der Waals surface area contributed by atoms with Gasteiger partial charge in [-0.3, -0.25) is 9.79 Å². The highest BCUT2D eigenvalue weighted by Crippen LogP contribution is 2.40. The summed E-state index contributed by atoms with van der Waals surface area (Å²) in [6.45, 7) is 4.09. The number of hydrogen-bond acceptors (Lipinski definition) is 2. The van der Waals surface area contributed by atoms with E-state index in [4.69, 9.17) is 0 Å². The first kappa shape index (κ1) is 17.1. The Morgan fingerprint density at radius 2 is 1.95 bits per heavy atom. The first-order valence-electron chi connectivity index (χ1n) is 8.91. The average molecular weight is 308 g/mol. The highest BCUT2D eigenvalue weighted by Gasteiger charge is 2.31. The number of hydrogen-bond donors (Lipinski definition) is 3. The molecule has 2 rings (SSSR count). The van der Waals surface area contributed by atoms with E-state index in [9.17, 15) is 4.79 Å². The van der Waals surface area contributed by atoms with Crippen molar-refractivity contribution in [1.29, 1.82) is 0 Å². The van der Waals surface area contributed by atoms with Crippen LogP contribution in [0, 0.1) is 5.41 Å².